The van der Waals surface area contributed by atoms with Gasteiger partial charge in [-0.25, -0.2) is 9.97 Å². The van der Waals surface area contributed by atoms with Crippen LogP contribution in [0.15, 0.2) is 67.0 Å². The lowest BCUT2D eigenvalue weighted by molar-refractivity contribution is -0.113. The molecule has 3 aromatic carbocycles. The number of fused-ring (bicyclic) bond motifs is 1. The summed E-state index contributed by atoms with van der Waals surface area (Å²) in [6, 6.07) is 15.4. The Morgan fingerprint density at radius 3 is 2.60 bits per heavy atom. The SMILES string of the molecule is COc1cc2ncnc(Nc3cc(Cl)c(Oc4cccc(C#N)c4)cc3C(C)(C)O)c2cc1C(C=CC(N)=O)N(C)C. The van der Waals surface area contributed by atoms with Gasteiger partial charge in [-0.2, -0.15) is 5.26 Å². The van der Waals surface area contributed by atoms with Gasteiger partial charge in [0.2, 0.25) is 5.91 Å². The third kappa shape index (κ3) is 6.78. The highest BCUT2D eigenvalue weighted by Crippen LogP contribution is 2.41. The second-order valence-corrected chi connectivity index (χ2v) is 10.7. The van der Waals surface area contributed by atoms with Crippen LogP contribution < -0.4 is 20.5 Å². The molecule has 0 aliphatic carbocycles. The van der Waals surface area contributed by atoms with E-state index < -0.39 is 11.5 Å². The van der Waals surface area contributed by atoms with Gasteiger partial charge in [-0.05, 0) is 64.3 Å². The van der Waals surface area contributed by atoms with Crippen molar-refractivity contribution in [1.29, 1.82) is 5.26 Å². The molecule has 4 rings (SSSR count). The summed E-state index contributed by atoms with van der Waals surface area (Å²) in [6.45, 7) is 3.30. The fourth-order valence-corrected chi connectivity index (χ4v) is 4.68. The number of amides is 1. The maximum absolute atomic E-state index is 11.5. The number of hydrogen-bond donors (Lipinski definition) is 3. The van der Waals surface area contributed by atoms with E-state index in [-0.39, 0.29) is 11.1 Å². The third-order valence-corrected chi connectivity index (χ3v) is 6.78. The smallest absolute Gasteiger partial charge is 0.241 e. The normalized spacial score (nSPS) is 12.4. The first-order chi connectivity index (χ1) is 19.9. The number of primary amides is 1. The molecule has 1 amide bonds. The van der Waals surface area contributed by atoms with Crippen LogP contribution in [0.4, 0.5) is 11.5 Å². The number of nitrogens with zero attached hydrogens (tertiary/aromatic N) is 4. The minimum Gasteiger partial charge on any atom is -0.496 e. The first-order valence-electron chi connectivity index (χ1n) is 12.9. The van der Waals surface area contributed by atoms with Gasteiger partial charge < -0.3 is 25.6 Å². The van der Waals surface area contributed by atoms with Crippen molar-refractivity contribution in [2.75, 3.05) is 26.5 Å². The van der Waals surface area contributed by atoms with Gasteiger partial charge in [0.05, 0.1) is 40.9 Å². The van der Waals surface area contributed by atoms with Crippen LogP contribution in [-0.4, -0.2) is 47.1 Å². The lowest BCUT2D eigenvalue weighted by atomic mass is 9.95. The van der Waals surface area contributed by atoms with Crippen LogP contribution in [0.25, 0.3) is 10.9 Å². The summed E-state index contributed by atoms with van der Waals surface area (Å²) in [4.78, 5) is 22.3. The van der Waals surface area contributed by atoms with Crippen LogP contribution in [0.3, 0.4) is 0 Å². The number of hydrogen-bond acceptors (Lipinski definition) is 9. The molecule has 0 bridgehead atoms. The van der Waals surface area contributed by atoms with Crippen molar-refractivity contribution < 1.29 is 19.4 Å². The monoisotopic (exact) mass is 586 g/mol. The zero-order valence-corrected chi connectivity index (χ0v) is 24.6. The quantitative estimate of drug-likeness (QED) is 0.203. The summed E-state index contributed by atoms with van der Waals surface area (Å²) in [7, 11) is 5.31. The minimum absolute atomic E-state index is 0.276. The summed E-state index contributed by atoms with van der Waals surface area (Å²) in [5, 5.41) is 24.6. The first kappa shape index (κ1) is 30.3. The number of aromatic nitrogens is 2. The highest BCUT2D eigenvalue weighted by molar-refractivity contribution is 6.32. The number of nitrogens with one attached hydrogen (secondary N) is 1. The number of ether oxygens (including phenoxy) is 2. The standard InChI is InChI=1S/C31H31ClN6O4/c1-31(2,40)22-13-28(42-19-8-6-7-18(11-19)16-33)23(32)14-25(22)37-30-20-12-21(26(38(3)4)9-10-29(34)39)27(41-5)15-24(20)35-17-36-30/h6-15,17,26,40H,1-5H3,(H2,34,39)(H,35,36,37). The number of carbonyl (C=O) groups is 1. The van der Waals surface area contributed by atoms with E-state index in [1.165, 1.54) is 12.4 Å². The molecule has 0 saturated heterocycles. The average molecular weight is 587 g/mol. The van der Waals surface area contributed by atoms with Crippen molar-refractivity contribution in [3.63, 3.8) is 0 Å². The van der Waals surface area contributed by atoms with E-state index in [2.05, 4.69) is 21.4 Å². The number of aliphatic hydroxyl groups is 1. The Balaban J connectivity index is 1.82. The molecule has 1 aromatic heterocycles. The van der Waals surface area contributed by atoms with Crippen LogP contribution in [-0.2, 0) is 10.4 Å². The zero-order valence-electron chi connectivity index (χ0n) is 23.8. The van der Waals surface area contributed by atoms with E-state index in [1.54, 1.807) is 69.5 Å². The molecule has 216 valence electrons. The lowest BCUT2D eigenvalue weighted by Gasteiger charge is -2.25. The van der Waals surface area contributed by atoms with Gasteiger partial charge in [-0.3, -0.25) is 9.69 Å². The molecule has 4 N–H and O–H groups in total. The van der Waals surface area contributed by atoms with Gasteiger partial charge >= 0.3 is 0 Å². The second kappa shape index (κ2) is 12.4. The van der Waals surface area contributed by atoms with E-state index in [9.17, 15) is 15.2 Å². The van der Waals surface area contributed by atoms with Gasteiger partial charge in [-0.15, -0.1) is 0 Å². The number of rotatable bonds is 10. The highest BCUT2D eigenvalue weighted by atomic mass is 35.5. The highest BCUT2D eigenvalue weighted by Gasteiger charge is 2.25. The Labute approximate surface area is 249 Å². The third-order valence-electron chi connectivity index (χ3n) is 6.48. The van der Waals surface area contributed by atoms with E-state index in [0.717, 1.165) is 5.56 Å². The van der Waals surface area contributed by atoms with Gasteiger partial charge in [0.25, 0.3) is 0 Å². The Morgan fingerprint density at radius 2 is 1.95 bits per heavy atom. The molecule has 4 aromatic rings. The van der Waals surface area contributed by atoms with Crippen molar-refractivity contribution in [2.24, 2.45) is 5.73 Å². The molecule has 0 aliphatic heterocycles. The van der Waals surface area contributed by atoms with E-state index in [1.807, 2.05) is 25.1 Å². The first-order valence-corrected chi connectivity index (χ1v) is 13.3. The Hall–Kier alpha value is -4.69. The number of carbonyl (C=O) groups excluding carboxylic acids is 1. The fraction of sp³-hybridized carbons (Fsp3) is 0.226. The van der Waals surface area contributed by atoms with Gasteiger partial charge in [0, 0.05) is 34.3 Å². The molecule has 1 unspecified atom stereocenters. The number of anilines is 2. The molecule has 0 aliphatic rings. The lowest BCUT2D eigenvalue weighted by Crippen LogP contribution is -2.20. The molecule has 42 heavy (non-hydrogen) atoms. The largest absolute Gasteiger partial charge is 0.496 e. The van der Waals surface area contributed by atoms with Gasteiger partial charge in [-0.1, -0.05) is 23.7 Å². The second-order valence-electron chi connectivity index (χ2n) is 10.3. The number of nitrogens with two attached hydrogens (primary N) is 1. The molecule has 1 atom stereocenters. The molecule has 0 saturated carbocycles. The molecule has 1 heterocycles. The summed E-state index contributed by atoms with van der Waals surface area (Å²) in [5.41, 5.74) is 6.87. The molecular formula is C31H31ClN6O4. The summed E-state index contributed by atoms with van der Waals surface area (Å²) in [6.07, 6.45) is 4.43. The average Bonchev–Trinajstić information content (AvgIpc) is 2.93. The number of benzene rings is 3. The van der Waals surface area contributed by atoms with Gasteiger partial charge in [0.15, 0.2) is 0 Å². The van der Waals surface area contributed by atoms with Crippen molar-refractivity contribution >= 4 is 39.9 Å². The molecule has 0 radical (unpaired) electrons. The van der Waals surface area contributed by atoms with E-state index in [0.29, 0.717) is 50.8 Å². The van der Waals surface area contributed by atoms with Crippen molar-refractivity contribution in [3.8, 4) is 23.3 Å². The predicted molar refractivity (Wildman–Crippen MR) is 162 cm³/mol. The van der Waals surface area contributed by atoms with Crippen LogP contribution in [0.5, 0.6) is 17.2 Å². The number of methoxy groups -OCH3 is 1. The molecule has 0 fully saturated rings. The topological polar surface area (TPSA) is 147 Å². The van der Waals surface area contributed by atoms with E-state index >= 15 is 0 Å². The van der Waals surface area contributed by atoms with Crippen molar-refractivity contribution in [2.45, 2.75) is 25.5 Å². The van der Waals surface area contributed by atoms with Crippen LogP contribution >= 0.6 is 11.6 Å². The summed E-state index contributed by atoms with van der Waals surface area (Å²) < 4.78 is 11.7. The zero-order chi connectivity index (χ0) is 30.6. The fourth-order valence-electron chi connectivity index (χ4n) is 4.47. The summed E-state index contributed by atoms with van der Waals surface area (Å²) >= 11 is 6.65. The summed E-state index contributed by atoms with van der Waals surface area (Å²) in [5.74, 6) is 1.21. The van der Waals surface area contributed by atoms with E-state index in [4.69, 9.17) is 26.8 Å². The molecule has 0 spiro atoms. The Morgan fingerprint density at radius 1 is 1.19 bits per heavy atom. The maximum atomic E-state index is 11.5. The van der Waals surface area contributed by atoms with Crippen molar-refractivity contribution in [3.05, 3.63) is 88.7 Å². The number of nitriles is 1. The molecular weight excluding hydrogens is 556 g/mol. The van der Waals surface area contributed by atoms with Crippen molar-refractivity contribution in [1.82, 2.24) is 14.9 Å². The Kier molecular flexibility index (Phi) is 8.97. The number of likely N-dealkylation sites (N-methyl/N-ethyl adjacent to an activating group) is 1. The number of halogens is 1. The predicted octanol–water partition coefficient (Wildman–Crippen LogP) is 5.57. The van der Waals surface area contributed by atoms with Crippen LogP contribution in [0.1, 0.15) is 36.6 Å². The van der Waals surface area contributed by atoms with Crippen LogP contribution in [0.2, 0.25) is 5.02 Å². The maximum Gasteiger partial charge on any atom is 0.241 e. The van der Waals surface area contributed by atoms with Crippen LogP contribution in [0, 0.1) is 11.3 Å². The minimum atomic E-state index is -1.30. The molecule has 11 heteroatoms. The Bertz CT molecular complexity index is 1710. The molecule has 10 nitrogen and oxygen atoms in total. The van der Waals surface area contributed by atoms with Gasteiger partial charge in [0.1, 0.15) is 29.4 Å².